The van der Waals surface area contributed by atoms with E-state index in [0.717, 1.165) is 30.9 Å². The number of primary amides is 1. The van der Waals surface area contributed by atoms with Crippen molar-refractivity contribution in [3.63, 3.8) is 0 Å². The average Bonchev–Trinajstić information content (AvgIpc) is 2.76. The molecule has 1 aromatic heterocycles. The summed E-state index contributed by atoms with van der Waals surface area (Å²) < 4.78 is 0. The number of nitrogen functional groups attached to an aromatic ring is 1. The zero-order valence-electron chi connectivity index (χ0n) is 11.8. The predicted molar refractivity (Wildman–Crippen MR) is 81.3 cm³/mol. The molecule has 1 aromatic rings. The van der Waals surface area contributed by atoms with Gasteiger partial charge in [-0.1, -0.05) is 0 Å². The van der Waals surface area contributed by atoms with Crippen molar-refractivity contribution in [2.45, 2.75) is 19.3 Å². The molecule has 0 atom stereocenters. The van der Waals surface area contributed by atoms with Crippen molar-refractivity contribution in [1.29, 1.82) is 0 Å². The lowest BCUT2D eigenvalue weighted by Gasteiger charge is -2.28. The summed E-state index contributed by atoms with van der Waals surface area (Å²) >= 11 is 1.27. The number of hydrogen-bond acceptors (Lipinski definition) is 5. The van der Waals surface area contributed by atoms with Gasteiger partial charge in [0.25, 0.3) is 11.8 Å². The van der Waals surface area contributed by atoms with Gasteiger partial charge in [-0.25, -0.2) is 0 Å². The summed E-state index contributed by atoms with van der Waals surface area (Å²) in [5.74, 6) is -0.768. The van der Waals surface area contributed by atoms with E-state index in [0.29, 0.717) is 10.4 Å². The third-order valence-corrected chi connectivity index (χ3v) is 4.67. The molecule has 2 rings (SSSR count). The van der Waals surface area contributed by atoms with Crippen molar-refractivity contribution in [3.05, 3.63) is 10.4 Å². The van der Waals surface area contributed by atoms with E-state index < -0.39 is 5.91 Å². The van der Waals surface area contributed by atoms with Gasteiger partial charge >= 0.3 is 0 Å². The second kappa shape index (κ2) is 5.70. The van der Waals surface area contributed by atoms with Gasteiger partial charge in [0.1, 0.15) is 9.88 Å². The summed E-state index contributed by atoms with van der Waals surface area (Å²) in [6, 6.07) is 0. The van der Waals surface area contributed by atoms with Gasteiger partial charge in [0.2, 0.25) is 0 Å². The molecule has 0 aromatic carbocycles. The molecule has 2 amide bonds. The van der Waals surface area contributed by atoms with Crippen molar-refractivity contribution in [1.82, 2.24) is 4.90 Å². The molecule has 2 heterocycles. The normalized spacial score (nSPS) is 15.2. The topological polar surface area (TPSA) is 92.7 Å². The van der Waals surface area contributed by atoms with Crippen molar-refractivity contribution < 1.29 is 9.59 Å². The summed E-state index contributed by atoms with van der Waals surface area (Å²) in [5.41, 5.74) is 11.9. The lowest BCUT2D eigenvalue weighted by Crippen LogP contribution is -2.30. The van der Waals surface area contributed by atoms with Gasteiger partial charge < -0.3 is 21.3 Å². The molecule has 20 heavy (non-hydrogen) atoms. The fraction of sp³-hybridized carbons (Fsp3) is 0.538. The van der Waals surface area contributed by atoms with Crippen LogP contribution in [0.3, 0.4) is 0 Å². The highest BCUT2D eigenvalue weighted by Gasteiger charge is 2.28. The van der Waals surface area contributed by atoms with Crippen LogP contribution in [0.25, 0.3) is 0 Å². The molecular weight excluding hydrogens is 276 g/mol. The maximum atomic E-state index is 12.1. The van der Waals surface area contributed by atoms with Crippen LogP contribution in [0, 0.1) is 0 Å². The number of thiophene rings is 1. The molecule has 1 saturated heterocycles. The Morgan fingerprint density at radius 1 is 1.20 bits per heavy atom. The number of carbonyl (C=O) groups excluding carboxylic acids is 2. The number of hydrogen-bond donors (Lipinski definition) is 2. The highest BCUT2D eigenvalue weighted by Crippen LogP contribution is 2.39. The van der Waals surface area contributed by atoms with Gasteiger partial charge in [-0.2, -0.15) is 0 Å². The minimum absolute atomic E-state index is 0.196. The molecule has 4 N–H and O–H groups in total. The van der Waals surface area contributed by atoms with E-state index in [9.17, 15) is 9.59 Å². The number of anilines is 2. The molecule has 1 fully saturated rings. The predicted octanol–water partition coefficient (Wildman–Crippen LogP) is 1.12. The number of rotatable bonds is 3. The summed E-state index contributed by atoms with van der Waals surface area (Å²) in [4.78, 5) is 27.8. The van der Waals surface area contributed by atoms with E-state index in [1.165, 1.54) is 22.7 Å². The molecule has 6 nitrogen and oxygen atoms in total. The van der Waals surface area contributed by atoms with Gasteiger partial charge in [0.05, 0.1) is 11.3 Å². The van der Waals surface area contributed by atoms with Crippen LogP contribution in [0.1, 0.15) is 39.3 Å². The molecule has 7 heteroatoms. The van der Waals surface area contributed by atoms with E-state index >= 15 is 0 Å². The lowest BCUT2D eigenvalue weighted by molar-refractivity contribution is 0.0833. The molecule has 0 spiro atoms. The molecule has 0 radical (unpaired) electrons. The van der Waals surface area contributed by atoms with Crippen LogP contribution in [0.5, 0.6) is 0 Å². The summed E-state index contributed by atoms with van der Waals surface area (Å²) in [6.45, 7) is 1.74. The summed E-state index contributed by atoms with van der Waals surface area (Å²) in [6.07, 6.45) is 3.34. The van der Waals surface area contributed by atoms with Gasteiger partial charge in [-0.3, -0.25) is 9.59 Å². The molecule has 1 aliphatic heterocycles. The number of piperidine rings is 1. The van der Waals surface area contributed by atoms with Gasteiger partial charge in [-0.05, 0) is 19.3 Å². The summed E-state index contributed by atoms with van der Waals surface area (Å²) in [5, 5.41) is 0.736. The van der Waals surface area contributed by atoms with Crippen molar-refractivity contribution in [2.24, 2.45) is 5.73 Å². The average molecular weight is 296 g/mol. The van der Waals surface area contributed by atoms with Crippen LogP contribution in [-0.2, 0) is 0 Å². The van der Waals surface area contributed by atoms with Crippen LogP contribution in [0.15, 0.2) is 0 Å². The Kier molecular flexibility index (Phi) is 4.17. The molecule has 0 unspecified atom stereocenters. The van der Waals surface area contributed by atoms with Crippen LogP contribution >= 0.6 is 11.3 Å². The Hall–Kier alpha value is -1.76. The van der Waals surface area contributed by atoms with E-state index in [4.69, 9.17) is 11.5 Å². The van der Waals surface area contributed by atoms with Crippen LogP contribution in [0.4, 0.5) is 10.7 Å². The molecule has 0 bridgehead atoms. The second-order valence-corrected chi connectivity index (χ2v) is 6.14. The van der Waals surface area contributed by atoms with Crippen LogP contribution in [0.2, 0.25) is 0 Å². The van der Waals surface area contributed by atoms with Crippen molar-refractivity contribution in [3.8, 4) is 0 Å². The van der Waals surface area contributed by atoms with E-state index in [-0.39, 0.29) is 11.6 Å². The monoisotopic (exact) mass is 296 g/mol. The minimum Gasteiger partial charge on any atom is -0.397 e. The molecule has 0 aliphatic carbocycles. The first kappa shape index (κ1) is 14.6. The highest BCUT2D eigenvalue weighted by atomic mass is 32.1. The van der Waals surface area contributed by atoms with Crippen molar-refractivity contribution >= 4 is 33.8 Å². The Morgan fingerprint density at radius 2 is 1.80 bits per heavy atom. The molecule has 0 saturated carbocycles. The lowest BCUT2D eigenvalue weighted by atomic mass is 10.1. The Morgan fingerprint density at radius 3 is 2.30 bits per heavy atom. The quantitative estimate of drug-likeness (QED) is 0.874. The number of nitrogens with two attached hydrogens (primary N) is 2. The Balaban J connectivity index is 2.47. The van der Waals surface area contributed by atoms with Gasteiger partial charge in [-0.15, -0.1) is 11.3 Å². The summed E-state index contributed by atoms with van der Waals surface area (Å²) in [7, 11) is 3.32. The first-order valence-electron chi connectivity index (χ1n) is 6.62. The zero-order chi connectivity index (χ0) is 14.9. The fourth-order valence-electron chi connectivity index (χ4n) is 2.35. The second-order valence-electron chi connectivity index (χ2n) is 5.14. The highest BCUT2D eigenvalue weighted by molar-refractivity contribution is 7.19. The Bertz CT molecular complexity index is 533. The number of amides is 2. The van der Waals surface area contributed by atoms with E-state index in [1.807, 2.05) is 0 Å². The number of nitrogens with zero attached hydrogens (tertiary/aromatic N) is 2. The standard InChI is InChI=1S/C13H20N4O2S/c1-16(2)12(19)10-9(14)8(11(15)18)13(20-10)17-6-4-3-5-7-17/h3-7,14H2,1-2H3,(H2,15,18). The molecule has 1 aliphatic rings. The minimum atomic E-state index is -0.572. The first-order valence-corrected chi connectivity index (χ1v) is 7.43. The molecular formula is C13H20N4O2S. The van der Waals surface area contributed by atoms with E-state index in [1.54, 1.807) is 14.1 Å². The fourth-order valence-corrected chi connectivity index (χ4v) is 3.65. The van der Waals surface area contributed by atoms with Crippen LogP contribution in [-0.4, -0.2) is 43.9 Å². The largest absolute Gasteiger partial charge is 0.397 e. The first-order chi connectivity index (χ1) is 9.43. The van der Waals surface area contributed by atoms with Gasteiger partial charge in [0, 0.05) is 27.2 Å². The van der Waals surface area contributed by atoms with Crippen LogP contribution < -0.4 is 16.4 Å². The zero-order valence-corrected chi connectivity index (χ0v) is 12.6. The maximum absolute atomic E-state index is 12.1. The third kappa shape index (κ3) is 2.58. The SMILES string of the molecule is CN(C)C(=O)c1sc(N2CCCCC2)c(C(N)=O)c1N. The van der Waals surface area contributed by atoms with Gasteiger partial charge in [0.15, 0.2) is 0 Å². The smallest absolute Gasteiger partial charge is 0.265 e. The van der Waals surface area contributed by atoms with E-state index in [2.05, 4.69) is 4.90 Å². The maximum Gasteiger partial charge on any atom is 0.265 e. The number of carbonyl (C=O) groups is 2. The Labute approximate surface area is 122 Å². The van der Waals surface area contributed by atoms with Crippen molar-refractivity contribution in [2.75, 3.05) is 37.8 Å². The molecule has 110 valence electrons. The third-order valence-electron chi connectivity index (χ3n) is 3.42.